The van der Waals surface area contributed by atoms with E-state index < -0.39 is 21.2 Å². The first-order valence-corrected chi connectivity index (χ1v) is 18.1. The Bertz CT molecular complexity index is 1440. The molecule has 1 fully saturated rings. The lowest BCUT2D eigenvalue weighted by Gasteiger charge is -2.40. The summed E-state index contributed by atoms with van der Waals surface area (Å²) in [4.78, 5) is 15.8. The van der Waals surface area contributed by atoms with Crippen LogP contribution in [0.15, 0.2) is 48.6 Å². The van der Waals surface area contributed by atoms with Crippen LogP contribution in [0.25, 0.3) is 0 Å². The summed E-state index contributed by atoms with van der Waals surface area (Å²) >= 11 is 6.33. The van der Waals surface area contributed by atoms with Crippen molar-refractivity contribution in [2.24, 2.45) is 23.7 Å². The highest BCUT2D eigenvalue weighted by Gasteiger charge is 2.34. The fourth-order valence-electron chi connectivity index (χ4n) is 6.78. The van der Waals surface area contributed by atoms with Gasteiger partial charge in [-0.2, -0.15) is 0 Å². The van der Waals surface area contributed by atoms with Crippen LogP contribution in [0.5, 0.6) is 5.75 Å². The number of carbonyl (C=O) groups is 1. The molecule has 1 amide bonds. The zero-order valence-corrected chi connectivity index (χ0v) is 27.8. The number of sulfonamides is 1. The molecule has 2 aliphatic heterocycles. The van der Waals surface area contributed by atoms with E-state index in [0.717, 1.165) is 80.7 Å². The molecule has 9 heteroatoms. The van der Waals surface area contributed by atoms with Gasteiger partial charge in [-0.05, 0) is 123 Å². The van der Waals surface area contributed by atoms with Crippen molar-refractivity contribution in [2.45, 2.75) is 77.1 Å². The molecular weight excluding hydrogens is 596 g/mol. The van der Waals surface area contributed by atoms with Gasteiger partial charge in [0.25, 0.3) is 5.91 Å². The Morgan fingerprint density at radius 2 is 1.91 bits per heavy atom. The number of amides is 1. The van der Waals surface area contributed by atoms with Gasteiger partial charge in [0.05, 0.1) is 10.9 Å². The van der Waals surface area contributed by atoms with Crippen molar-refractivity contribution in [1.82, 2.24) is 4.72 Å². The zero-order valence-electron chi connectivity index (χ0n) is 26.3. The van der Waals surface area contributed by atoms with Gasteiger partial charge in [0.1, 0.15) is 12.4 Å². The number of rotatable bonds is 4. The molecule has 2 aromatic carbocycles. The maximum atomic E-state index is 13.5. The van der Waals surface area contributed by atoms with Gasteiger partial charge in [0.2, 0.25) is 10.0 Å². The first-order chi connectivity index (χ1) is 21.1. The summed E-state index contributed by atoms with van der Waals surface area (Å²) in [5.41, 5.74) is 3.46. The molecule has 7 nitrogen and oxygen atoms in total. The Hall–Kier alpha value is -2.55. The fraction of sp³-hybridized carbons (Fsp3) is 0.571. The van der Waals surface area contributed by atoms with Gasteiger partial charge < -0.3 is 14.4 Å². The van der Waals surface area contributed by atoms with Gasteiger partial charge in [0, 0.05) is 37.4 Å². The van der Waals surface area contributed by atoms with Gasteiger partial charge in [0.15, 0.2) is 0 Å². The van der Waals surface area contributed by atoms with Crippen LogP contribution in [-0.4, -0.2) is 46.4 Å². The number of halogens is 1. The molecule has 0 saturated heterocycles. The van der Waals surface area contributed by atoms with Crippen molar-refractivity contribution >= 4 is 33.2 Å². The summed E-state index contributed by atoms with van der Waals surface area (Å²) in [6.45, 7) is 6.43. The molecule has 1 saturated carbocycles. The standard InChI is InChI=1S/C35H47ClN2O5S/c1-24-19-26(7-6-18-42-3)9-10-27-11-12-30(27)22-38-17-5-4-8-28-20-32(36)15-13-31(28)23-43-34-16-14-29(21-33(34)38)35(39)37-44(40,41)25(24)2/h9-10,13-16,20-21,24-27,30H,4-8,11-12,17-19,22-23H2,1-3H3,(H,37,39)/b10-9+/t24-,25+,26+,27+,30-/m0/s1. The largest absolute Gasteiger partial charge is 0.487 e. The Morgan fingerprint density at radius 3 is 2.68 bits per heavy atom. The summed E-state index contributed by atoms with van der Waals surface area (Å²) in [6, 6.07) is 11.3. The SMILES string of the molecule is COCCC[C@@H]1/C=C/[C@@H]2CC[C@H]2CN2CCCCc3cc(Cl)ccc3COc3ccc(cc32)C(=O)NS(=O)(=O)[C@H](C)[C@@H](C)C1. The lowest BCUT2D eigenvalue weighted by Crippen LogP contribution is -2.41. The number of carbonyl (C=O) groups excluding carboxylic acids is 1. The minimum Gasteiger partial charge on any atom is -0.487 e. The Labute approximate surface area is 268 Å². The molecule has 2 heterocycles. The number of hydrogen-bond acceptors (Lipinski definition) is 6. The molecule has 5 atom stereocenters. The molecule has 3 aliphatic rings. The minimum absolute atomic E-state index is 0.128. The van der Waals surface area contributed by atoms with Crippen molar-refractivity contribution in [1.29, 1.82) is 0 Å². The highest BCUT2D eigenvalue weighted by molar-refractivity contribution is 7.90. The molecule has 2 bridgehead atoms. The van der Waals surface area contributed by atoms with Crippen molar-refractivity contribution in [2.75, 3.05) is 31.7 Å². The smallest absolute Gasteiger partial charge is 0.264 e. The number of allylic oxidation sites excluding steroid dienone is 2. The van der Waals surface area contributed by atoms with Crippen LogP contribution in [-0.2, 0) is 27.8 Å². The quantitative estimate of drug-likeness (QED) is 0.281. The average Bonchev–Trinajstić information content (AvgIpc) is 3.01. The number of benzene rings is 2. The summed E-state index contributed by atoms with van der Waals surface area (Å²) in [5.74, 6) is 1.19. The summed E-state index contributed by atoms with van der Waals surface area (Å²) in [5, 5.41) is 0.00632. The third-order valence-electron chi connectivity index (χ3n) is 9.92. The predicted molar refractivity (Wildman–Crippen MR) is 177 cm³/mol. The minimum atomic E-state index is -3.90. The number of anilines is 1. The molecule has 0 aromatic heterocycles. The van der Waals surface area contributed by atoms with Gasteiger partial charge in [-0.1, -0.05) is 36.7 Å². The second-order valence-electron chi connectivity index (χ2n) is 13.0. The maximum Gasteiger partial charge on any atom is 0.264 e. The summed E-state index contributed by atoms with van der Waals surface area (Å²) in [7, 11) is -2.18. The number of nitrogens with one attached hydrogen (secondary N) is 1. The first-order valence-electron chi connectivity index (χ1n) is 16.2. The normalized spacial score (nSPS) is 28.2. The lowest BCUT2D eigenvalue weighted by atomic mass is 9.72. The van der Waals surface area contributed by atoms with E-state index in [2.05, 4.69) is 21.8 Å². The van der Waals surface area contributed by atoms with E-state index in [1.54, 1.807) is 20.1 Å². The number of aryl methyl sites for hydroxylation is 1. The number of hydrogen-bond donors (Lipinski definition) is 1. The third kappa shape index (κ3) is 7.99. The van der Waals surface area contributed by atoms with Crippen LogP contribution < -0.4 is 14.4 Å². The predicted octanol–water partition coefficient (Wildman–Crippen LogP) is 7.17. The van der Waals surface area contributed by atoms with E-state index in [1.807, 2.05) is 37.3 Å². The molecular formula is C35H47ClN2O5S. The van der Waals surface area contributed by atoms with Crippen LogP contribution in [0.1, 0.15) is 80.3 Å². The molecule has 0 spiro atoms. The Morgan fingerprint density at radius 1 is 1.07 bits per heavy atom. The molecule has 0 unspecified atom stereocenters. The van der Waals surface area contributed by atoms with E-state index in [9.17, 15) is 13.2 Å². The van der Waals surface area contributed by atoms with Gasteiger partial charge in [-0.25, -0.2) is 13.1 Å². The van der Waals surface area contributed by atoms with E-state index in [0.29, 0.717) is 36.4 Å². The molecule has 240 valence electrons. The molecule has 5 rings (SSSR count). The number of methoxy groups -OCH3 is 1. The van der Waals surface area contributed by atoms with Crippen LogP contribution in [0, 0.1) is 23.7 Å². The second-order valence-corrected chi connectivity index (χ2v) is 15.4. The van der Waals surface area contributed by atoms with Crippen LogP contribution in [0.2, 0.25) is 5.02 Å². The fourth-order valence-corrected chi connectivity index (χ4v) is 8.26. The van der Waals surface area contributed by atoms with E-state index in [1.165, 1.54) is 5.56 Å². The molecule has 1 N–H and O–H groups in total. The Kier molecular flexibility index (Phi) is 11.0. The summed E-state index contributed by atoms with van der Waals surface area (Å²) < 4.78 is 41.0. The number of nitrogens with zero attached hydrogens (tertiary/aromatic N) is 1. The van der Waals surface area contributed by atoms with Crippen molar-refractivity contribution < 1.29 is 22.7 Å². The molecule has 1 aliphatic carbocycles. The maximum absolute atomic E-state index is 13.5. The molecule has 2 aromatic rings. The molecule has 44 heavy (non-hydrogen) atoms. The van der Waals surface area contributed by atoms with Crippen molar-refractivity contribution in [3.8, 4) is 5.75 Å². The number of fused-ring (bicyclic) bond motifs is 3. The highest BCUT2D eigenvalue weighted by atomic mass is 35.5. The summed E-state index contributed by atoms with van der Waals surface area (Å²) in [6.07, 6.45) is 12.5. The van der Waals surface area contributed by atoms with Gasteiger partial charge in [-0.3, -0.25) is 4.79 Å². The van der Waals surface area contributed by atoms with Gasteiger partial charge >= 0.3 is 0 Å². The van der Waals surface area contributed by atoms with Crippen LogP contribution in [0.3, 0.4) is 0 Å². The lowest BCUT2D eigenvalue weighted by molar-refractivity contribution is 0.0980. The Balaban J connectivity index is 1.50. The van der Waals surface area contributed by atoms with Gasteiger partial charge in [-0.15, -0.1) is 0 Å². The first kappa shape index (κ1) is 32.8. The monoisotopic (exact) mass is 642 g/mol. The van der Waals surface area contributed by atoms with E-state index in [4.69, 9.17) is 21.1 Å². The van der Waals surface area contributed by atoms with Crippen LogP contribution >= 0.6 is 11.6 Å². The number of ether oxygens (including phenoxy) is 2. The van der Waals surface area contributed by atoms with Crippen molar-refractivity contribution in [3.05, 3.63) is 70.3 Å². The highest BCUT2D eigenvalue weighted by Crippen LogP contribution is 2.40. The van der Waals surface area contributed by atoms with Crippen LogP contribution in [0.4, 0.5) is 5.69 Å². The van der Waals surface area contributed by atoms with E-state index in [-0.39, 0.29) is 11.8 Å². The average molecular weight is 643 g/mol. The zero-order chi connectivity index (χ0) is 31.3. The topological polar surface area (TPSA) is 84.9 Å². The van der Waals surface area contributed by atoms with E-state index >= 15 is 0 Å². The second kappa shape index (κ2) is 14.7. The molecule has 0 radical (unpaired) electrons. The van der Waals surface area contributed by atoms with Crippen molar-refractivity contribution in [3.63, 3.8) is 0 Å². The third-order valence-corrected chi connectivity index (χ3v) is 12.1.